The average Bonchev–Trinajstić information content (AvgIpc) is 3.24. The van der Waals surface area contributed by atoms with E-state index in [4.69, 9.17) is 0 Å². The van der Waals surface area contributed by atoms with Gasteiger partial charge in [0.15, 0.2) is 0 Å². The zero-order valence-electron chi connectivity index (χ0n) is 13.9. The Hall–Kier alpha value is -1.40. The van der Waals surface area contributed by atoms with Gasteiger partial charge in [-0.15, -0.1) is 0 Å². The molecular formula is C17H27N5O. The number of rotatable bonds is 2. The van der Waals surface area contributed by atoms with E-state index < -0.39 is 0 Å². The first-order chi connectivity index (χ1) is 11.2. The molecule has 3 atom stereocenters. The van der Waals surface area contributed by atoms with Crippen LogP contribution in [0.25, 0.3) is 0 Å². The van der Waals surface area contributed by atoms with Crippen LogP contribution in [0.3, 0.4) is 0 Å². The Labute approximate surface area is 137 Å². The van der Waals surface area contributed by atoms with Gasteiger partial charge in [0.25, 0.3) is 0 Å². The second-order valence-electron chi connectivity index (χ2n) is 7.31. The number of amides is 1. The lowest BCUT2D eigenvalue weighted by molar-refractivity contribution is -0.133. The molecule has 1 aliphatic carbocycles. The Morgan fingerprint density at radius 2 is 2.09 bits per heavy atom. The molecule has 0 bridgehead atoms. The lowest BCUT2D eigenvalue weighted by Crippen LogP contribution is -2.49. The number of aromatic nitrogens is 2. The minimum Gasteiger partial charge on any atom is -0.341 e. The van der Waals surface area contributed by atoms with Crippen molar-refractivity contribution in [3.63, 3.8) is 0 Å². The van der Waals surface area contributed by atoms with Gasteiger partial charge in [0.1, 0.15) is 0 Å². The number of H-pyrrole nitrogens is 1. The first-order valence-corrected chi connectivity index (χ1v) is 8.99. The SMILES string of the molecule is CC1CCc2[nH]ncc2C1C(=O)N1CCC(N2CCNCC2)C1. The van der Waals surface area contributed by atoms with E-state index in [-0.39, 0.29) is 5.92 Å². The van der Waals surface area contributed by atoms with E-state index in [1.165, 1.54) is 5.69 Å². The number of aryl methyl sites for hydroxylation is 1. The minimum atomic E-state index is -0.000674. The van der Waals surface area contributed by atoms with Crippen LogP contribution in [0, 0.1) is 5.92 Å². The molecule has 0 spiro atoms. The van der Waals surface area contributed by atoms with Crippen LogP contribution in [0.5, 0.6) is 0 Å². The Kier molecular flexibility index (Phi) is 4.11. The third kappa shape index (κ3) is 2.78. The highest BCUT2D eigenvalue weighted by molar-refractivity contribution is 5.85. The smallest absolute Gasteiger partial charge is 0.230 e. The van der Waals surface area contributed by atoms with Gasteiger partial charge < -0.3 is 10.2 Å². The fraction of sp³-hybridized carbons (Fsp3) is 0.765. The highest BCUT2D eigenvalue weighted by Gasteiger charge is 2.39. The summed E-state index contributed by atoms with van der Waals surface area (Å²) in [5.41, 5.74) is 2.30. The minimum absolute atomic E-state index is 0.000674. The lowest BCUT2D eigenvalue weighted by atomic mass is 9.78. The quantitative estimate of drug-likeness (QED) is 0.838. The summed E-state index contributed by atoms with van der Waals surface area (Å²) in [6.45, 7) is 8.38. The first-order valence-electron chi connectivity index (χ1n) is 8.99. The van der Waals surface area contributed by atoms with E-state index in [1.54, 1.807) is 0 Å². The number of hydrogen-bond donors (Lipinski definition) is 2. The van der Waals surface area contributed by atoms with Crippen molar-refractivity contribution in [3.8, 4) is 0 Å². The molecule has 2 fully saturated rings. The molecule has 3 heterocycles. The van der Waals surface area contributed by atoms with Crippen molar-refractivity contribution >= 4 is 5.91 Å². The summed E-state index contributed by atoms with van der Waals surface area (Å²) in [6, 6.07) is 0.545. The Bertz CT molecular complexity index is 565. The van der Waals surface area contributed by atoms with E-state index in [9.17, 15) is 4.79 Å². The second-order valence-corrected chi connectivity index (χ2v) is 7.31. The number of carbonyl (C=O) groups is 1. The third-order valence-electron chi connectivity index (χ3n) is 5.91. The highest BCUT2D eigenvalue weighted by Crippen LogP contribution is 2.37. The maximum absolute atomic E-state index is 13.2. The van der Waals surface area contributed by atoms with E-state index in [0.717, 1.165) is 64.1 Å². The molecule has 2 N–H and O–H groups in total. The van der Waals surface area contributed by atoms with Crippen LogP contribution < -0.4 is 5.32 Å². The number of nitrogens with zero attached hydrogens (tertiary/aromatic N) is 3. The van der Waals surface area contributed by atoms with Crippen molar-refractivity contribution in [1.82, 2.24) is 25.3 Å². The first kappa shape index (κ1) is 15.1. The van der Waals surface area contributed by atoms with Crippen LogP contribution in [0.15, 0.2) is 6.20 Å². The van der Waals surface area contributed by atoms with Crippen LogP contribution in [0.1, 0.15) is 36.9 Å². The predicted octanol–water partition coefficient (Wildman–Crippen LogP) is 0.582. The van der Waals surface area contributed by atoms with Crippen molar-refractivity contribution in [1.29, 1.82) is 0 Å². The maximum Gasteiger partial charge on any atom is 0.230 e. The molecule has 6 nitrogen and oxygen atoms in total. The lowest BCUT2D eigenvalue weighted by Gasteiger charge is -2.34. The van der Waals surface area contributed by atoms with Crippen LogP contribution in [0.2, 0.25) is 0 Å². The maximum atomic E-state index is 13.2. The van der Waals surface area contributed by atoms with Gasteiger partial charge in [-0.05, 0) is 25.2 Å². The predicted molar refractivity (Wildman–Crippen MR) is 88.2 cm³/mol. The van der Waals surface area contributed by atoms with E-state index in [2.05, 4.69) is 32.2 Å². The van der Waals surface area contributed by atoms with Crippen LogP contribution >= 0.6 is 0 Å². The van der Waals surface area contributed by atoms with Crippen molar-refractivity contribution in [2.75, 3.05) is 39.3 Å². The molecule has 0 saturated carbocycles. The summed E-state index contributed by atoms with van der Waals surface area (Å²) in [4.78, 5) is 17.8. The van der Waals surface area contributed by atoms with Crippen LogP contribution in [-0.4, -0.2) is 71.2 Å². The molecule has 126 valence electrons. The molecule has 1 aromatic rings. The van der Waals surface area contributed by atoms with Gasteiger partial charge in [-0.3, -0.25) is 14.8 Å². The fourth-order valence-corrected chi connectivity index (χ4v) is 4.50. The number of nitrogens with one attached hydrogen (secondary N) is 2. The molecular weight excluding hydrogens is 290 g/mol. The molecule has 0 aromatic carbocycles. The summed E-state index contributed by atoms with van der Waals surface area (Å²) in [5.74, 6) is 0.725. The van der Waals surface area contributed by atoms with Gasteiger partial charge in [0.05, 0.1) is 12.1 Å². The van der Waals surface area contributed by atoms with E-state index in [0.29, 0.717) is 17.9 Å². The molecule has 23 heavy (non-hydrogen) atoms. The largest absolute Gasteiger partial charge is 0.341 e. The van der Waals surface area contributed by atoms with Crippen molar-refractivity contribution < 1.29 is 4.79 Å². The Morgan fingerprint density at radius 3 is 2.91 bits per heavy atom. The molecule has 2 saturated heterocycles. The molecule has 0 radical (unpaired) electrons. The second kappa shape index (κ2) is 6.24. The molecule has 4 rings (SSSR count). The van der Waals surface area contributed by atoms with E-state index in [1.807, 2.05) is 6.20 Å². The van der Waals surface area contributed by atoms with Crippen molar-refractivity contribution in [3.05, 3.63) is 17.5 Å². The van der Waals surface area contributed by atoms with Gasteiger partial charge >= 0.3 is 0 Å². The molecule has 1 amide bonds. The topological polar surface area (TPSA) is 64.3 Å². The Balaban J connectivity index is 1.46. The van der Waals surface area contributed by atoms with Crippen LogP contribution in [0.4, 0.5) is 0 Å². The number of hydrogen-bond acceptors (Lipinski definition) is 4. The normalized spacial score (nSPS) is 32.0. The number of aromatic amines is 1. The van der Waals surface area contributed by atoms with Gasteiger partial charge in [-0.2, -0.15) is 5.10 Å². The molecule has 1 aromatic heterocycles. The molecule has 2 aliphatic heterocycles. The average molecular weight is 317 g/mol. The van der Waals surface area contributed by atoms with E-state index >= 15 is 0 Å². The number of fused-ring (bicyclic) bond motifs is 1. The molecule has 3 aliphatic rings. The standard InChI is InChI=1S/C17H27N5O/c1-12-2-3-15-14(10-19-20-15)16(12)17(23)22-7-4-13(11-22)21-8-5-18-6-9-21/h10,12-13,16,18H,2-9,11H2,1H3,(H,19,20). The summed E-state index contributed by atoms with van der Waals surface area (Å²) in [5, 5.41) is 10.7. The number of piperazine rings is 1. The summed E-state index contributed by atoms with van der Waals surface area (Å²) in [7, 11) is 0. The zero-order valence-corrected chi connectivity index (χ0v) is 13.9. The monoisotopic (exact) mass is 317 g/mol. The van der Waals surface area contributed by atoms with Gasteiger partial charge in [0.2, 0.25) is 5.91 Å². The summed E-state index contributed by atoms with van der Waals surface area (Å²) in [6.07, 6.45) is 5.08. The number of carbonyl (C=O) groups excluding carboxylic acids is 1. The summed E-state index contributed by atoms with van der Waals surface area (Å²) < 4.78 is 0. The highest BCUT2D eigenvalue weighted by atomic mass is 16.2. The third-order valence-corrected chi connectivity index (χ3v) is 5.91. The Morgan fingerprint density at radius 1 is 1.26 bits per heavy atom. The van der Waals surface area contributed by atoms with Gasteiger partial charge in [-0.1, -0.05) is 6.92 Å². The van der Waals surface area contributed by atoms with Gasteiger partial charge in [-0.25, -0.2) is 0 Å². The molecule has 3 unspecified atom stereocenters. The number of likely N-dealkylation sites (tertiary alicyclic amines) is 1. The van der Waals surface area contributed by atoms with Gasteiger partial charge in [0, 0.05) is 56.6 Å². The summed E-state index contributed by atoms with van der Waals surface area (Å²) >= 11 is 0. The molecule has 6 heteroatoms. The van der Waals surface area contributed by atoms with Crippen molar-refractivity contribution in [2.24, 2.45) is 5.92 Å². The van der Waals surface area contributed by atoms with Crippen LogP contribution in [-0.2, 0) is 11.2 Å². The zero-order chi connectivity index (χ0) is 15.8. The van der Waals surface area contributed by atoms with Crippen molar-refractivity contribution in [2.45, 2.75) is 38.1 Å². The fourth-order valence-electron chi connectivity index (χ4n) is 4.50.